The fourth-order valence-corrected chi connectivity index (χ4v) is 8.48. The molecule has 1 aliphatic heterocycles. The molecule has 4 heteroatoms. The molecule has 2 N–H and O–H groups in total. The number of carbonyl (C=O) groups is 1. The largest absolute Gasteiger partial charge is 0.390 e. The predicted octanol–water partition coefficient (Wildman–Crippen LogP) is 6.23. The first kappa shape index (κ1) is 26.4. The second-order valence-electron chi connectivity index (χ2n) is 14.3. The van der Waals surface area contributed by atoms with Crippen LogP contribution >= 0.6 is 0 Å². The highest BCUT2D eigenvalue weighted by molar-refractivity contribution is 5.86. The number of ketones is 1. The lowest BCUT2D eigenvalue weighted by atomic mass is 9.51. The standard InChI is InChI=1S/C30H50O4/c1-19-9-11-21-25(26(2,3)17-18-29(21,7)32)20(19)10-12-22-28(6)15-13-23(31)27(4,5)34-24(28)14-16-30(22,8)33/h10,19,21-22,24-25,32-33H,9,11-18H2,1-8H3/b20-10+/t19-,21+,22+,24+,25-,28+,29+,30+/m1/s1. The highest BCUT2D eigenvalue weighted by Crippen LogP contribution is 2.59. The van der Waals surface area contributed by atoms with Crippen molar-refractivity contribution < 1.29 is 19.7 Å². The molecule has 194 valence electrons. The Morgan fingerprint density at radius 1 is 0.912 bits per heavy atom. The van der Waals surface area contributed by atoms with Crippen LogP contribution in [-0.4, -0.2) is 38.9 Å². The Kier molecular flexibility index (Phi) is 6.52. The lowest BCUT2D eigenvalue weighted by molar-refractivity contribution is -0.193. The first-order chi connectivity index (χ1) is 15.5. The third-order valence-electron chi connectivity index (χ3n) is 10.9. The Balaban J connectivity index is 1.69. The van der Waals surface area contributed by atoms with Crippen molar-refractivity contribution in [2.45, 2.75) is 136 Å². The molecule has 4 rings (SSSR count). The Hall–Kier alpha value is -0.710. The number of fused-ring (bicyclic) bond motifs is 2. The van der Waals surface area contributed by atoms with Gasteiger partial charge in [0.2, 0.25) is 0 Å². The Labute approximate surface area is 207 Å². The summed E-state index contributed by atoms with van der Waals surface area (Å²) in [5, 5.41) is 22.9. The summed E-state index contributed by atoms with van der Waals surface area (Å²) < 4.78 is 6.49. The Bertz CT molecular complexity index is 835. The normalized spacial score (nSPS) is 49.8. The van der Waals surface area contributed by atoms with Crippen LogP contribution in [0.25, 0.3) is 0 Å². The maximum Gasteiger partial charge on any atom is 0.164 e. The smallest absolute Gasteiger partial charge is 0.164 e. The first-order valence-corrected chi connectivity index (χ1v) is 13.9. The van der Waals surface area contributed by atoms with Crippen LogP contribution in [0.1, 0.15) is 113 Å². The molecule has 4 fully saturated rings. The van der Waals surface area contributed by atoms with Gasteiger partial charge in [0.25, 0.3) is 0 Å². The summed E-state index contributed by atoms with van der Waals surface area (Å²) in [7, 11) is 0. The second-order valence-corrected chi connectivity index (χ2v) is 14.3. The molecule has 1 saturated heterocycles. The molecule has 4 aliphatic rings. The maximum atomic E-state index is 12.8. The monoisotopic (exact) mass is 474 g/mol. The number of Topliss-reactive ketones (excluding diaryl/α,β-unsaturated/α-hetero) is 1. The molecular weight excluding hydrogens is 424 g/mol. The average molecular weight is 475 g/mol. The fraction of sp³-hybridized carbons (Fsp3) is 0.900. The Morgan fingerprint density at radius 2 is 1.59 bits per heavy atom. The molecule has 0 spiro atoms. The number of ether oxygens (including phenoxy) is 1. The van der Waals surface area contributed by atoms with Crippen molar-refractivity contribution in [3.05, 3.63) is 11.6 Å². The van der Waals surface area contributed by atoms with E-state index in [0.717, 1.165) is 44.9 Å². The third-order valence-corrected chi connectivity index (χ3v) is 10.9. The molecular formula is C30H50O4. The number of hydrogen-bond acceptors (Lipinski definition) is 4. The van der Waals surface area contributed by atoms with Gasteiger partial charge in [-0.2, -0.15) is 0 Å². The van der Waals surface area contributed by atoms with E-state index in [1.807, 2.05) is 27.7 Å². The van der Waals surface area contributed by atoms with Gasteiger partial charge in [0.1, 0.15) is 5.60 Å². The number of rotatable bonds is 2. The lowest BCUT2D eigenvalue weighted by Gasteiger charge is -2.56. The summed E-state index contributed by atoms with van der Waals surface area (Å²) in [5.74, 6) is 1.39. The topological polar surface area (TPSA) is 66.8 Å². The number of hydrogen-bond donors (Lipinski definition) is 2. The number of allylic oxidation sites excluding steroid dienone is 2. The van der Waals surface area contributed by atoms with Gasteiger partial charge in [-0.3, -0.25) is 4.79 Å². The van der Waals surface area contributed by atoms with E-state index in [4.69, 9.17) is 4.74 Å². The average Bonchev–Trinajstić information content (AvgIpc) is 2.80. The van der Waals surface area contributed by atoms with Gasteiger partial charge < -0.3 is 14.9 Å². The summed E-state index contributed by atoms with van der Waals surface area (Å²) in [6, 6.07) is 0. The summed E-state index contributed by atoms with van der Waals surface area (Å²) >= 11 is 0. The van der Waals surface area contributed by atoms with Crippen LogP contribution < -0.4 is 0 Å². The van der Waals surface area contributed by atoms with E-state index in [0.29, 0.717) is 30.6 Å². The van der Waals surface area contributed by atoms with Crippen LogP contribution in [0.4, 0.5) is 0 Å². The molecule has 34 heavy (non-hydrogen) atoms. The van der Waals surface area contributed by atoms with Crippen molar-refractivity contribution in [1.29, 1.82) is 0 Å². The molecule has 1 heterocycles. The van der Waals surface area contributed by atoms with E-state index in [1.54, 1.807) is 0 Å². The van der Waals surface area contributed by atoms with Crippen molar-refractivity contribution >= 4 is 5.78 Å². The van der Waals surface area contributed by atoms with E-state index in [1.165, 1.54) is 5.57 Å². The van der Waals surface area contributed by atoms with Gasteiger partial charge >= 0.3 is 0 Å². The quantitative estimate of drug-likeness (QED) is 0.466. The van der Waals surface area contributed by atoms with Crippen molar-refractivity contribution in [2.75, 3.05) is 0 Å². The summed E-state index contributed by atoms with van der Waals surface area (Å²) in [4.78, 5) is 12.8. The van der Waals surface area contributed by atoms with Crippen LogP contribution in [0.15, 0.2) is 11.6 Å². The summed E-state index contributed by atoms with van der Waals surface area (Å²) in [6.07, 6.45) is 10.1. The molecule has 0 unspecified atom stereocenters. The zero-order chi connectivity index (χ0) is 25.3. The van der Waals surface area contributed by atoms with Crippen molar-refractivity contribution in [2.24, 2.45) is 34.5 Å². The predicted molar refractivity (Wildman–Crippen MR) is 136 cm³/mol. The van der Waals surface area contributed by atoms with Gasteiger partial charge in [0.05, 0.1) is 17.3 Å². The fourth-order valence-electron chi connectivity index (χ4n) is 8.48. The molecule has 0 aromatic rings. The van der Waals surface area contributed by atoms with Crippen LogP contribution in [0, 0.1) is 34.5 Å². The van der Waals surface area contributed by atoms with Crippen LogP contribution in [0.5, 0.6) is 0 Å². The molecule has 0 bridgehead atoms. The Morgan fingerprint density at radius 3 is 2.26 bits per heavy atom. The van der Waals surface area contributed by atoms with Gasteiger partial charge in [-0.05, 0) is 108 Å². The van der Waals surface area contributed by atoms with Gasteiger partial charge in [0, 0.05) is 11.8 Å². The zero-order valence-corrected chi connectivity index (χ0v) is 23.0. The van der Waals surface area contributed by atoms with Crippen molar-refractivity contribution in [3.63, 3.8) is 0 Å². The highest BCUT2D eigenvalue weighted by Gasteiger charge is 2.57. The van der Waals surface area contributed by atoms with Gasteiger partial charge in [-0.25, -0.2) is 0 Å². The number of carbonyl (C=O) groups excluding carboxylic acids is 1. The van der Waals surface area contributed by atoms with Gasteiger partial charge in [0.15, 0.2) is 5.78 Å². The minimum absolute atomic E-state index is 0.0130. The van der Waals surface area contributed by atoms with Gasteiger partial charge in [-0.1, -0.05) is 39.3 Å². The second kappa shape index (κ2) is 8.42. The molecule has 8 atom stereocenters. The number of aliphatic hydroxyl groups is 2. The van der Waals surface area contributed by atoms with Crippen LogP contribution in [0.3, 0.4) is 0 Å². The molecule has 0 aromatic heterocycles. The minimum Gasteiger partial charge on any atom is -0.390 e. The molecule has 3 aliphatic carbocycles. The summed E-state index contributed by atoms with van der Waals surface area (Å²) in [6.45, 7) is 17.2. The third kappa shape index (κ3) is 4.34. The van der Waals surface area contributed by atoms with E-state index >= 15 is 0 Å². The molecule has 0 amide bonds. The van der Waals surface area contributed by atoms with Crippen molar-refractivity contribution in [1.82, 2.24) is 0 Å². The van der Waals surface area contributed by atoms with E-state index in [-0.39, 0.29) is 28.6 Å². The van der Waals surface area contributed by atoms with Crippen LogP contribution in [0.2, 0.25) is 0 Å². The minimum atomic E-state index is -0.784. The maximum absolute atomic E-state index is 12.8. The van der Waals surface area contributed by atoms with E-state index < -0.39 is 16.8 Å². The van der Waals surface area contributed by atoms with Crippen molar-refractivity contribution in [3.8, 4) is 0 Å². The van der Waals surface area contributed by atoms with Gasteiger partial charge in [-0.15, -0.1) is 0 Å². The highest BCUT2D eigenvalue weighted by atomic mass is 16.5. The van der Waals surface area contributed by atoms with Crippen LogP contribution in [-0.2, 0) is 9.53 Å². The molecule has 3 saturated carbocycles. The zero-order valence-electron chi connectivity index (χ0n) is 23.0. The molecule has 4 nitrogen and oxygen atoms in total. The lowest BCUT2D eigenvalue weighted by Crippen LogP contribution is -2.56. The first-order valence-electron chi connectivity index (χ1n) is 13.9. The van der Waals surface area contributed by atoms with E-state index in [2.05, 4.69) is 33.8 Å². The summed E-state index contributed by atoms with van der Waals surface area (Å²) in [5.41, 5.74) is -0.725. The van der Waals surface area contributed by atoms with E-state index in [9.17, 15) is 15.0 Å². The molecule has 0 radical (unpaired) electrons. The SMILES string of the molecule is C[C@@H]1CC[C@H]2[C@@H](/C1=C/C[C@H]1[C@]3(C)CCC(=O)C(C)(C)O[C@H]3CC[C@]1(C)O)C(C)(C)CC[C@]2(C)O. The molecule has 0 aromatic carbocycles.